The third-order valence-electron chi connectivity index (χ3n) is 2.30. The molecular weight excluding hydrogens is 238 g/mol. The molecule has 0 aliphatic carbocycles. The molecule has 1 amide bonds. The first-order chi connectivity index (χ1) is 8.47. The minimum Gasteiger partial charge on any atom is -0.481 e. The van der Waals surface area contributed by atoms with E-state index in [0.29, 0.717) is 24.7 Å². The molecule has 1 aromatic heterocycles. The van der Waals surface area contributed by atoms with Crippen molar-refractivity contribution >= 4 is 11.9 Å². The summed E-state index contributed by atoms with van der Waals surface area (Å²) < 4.78 is 4.79. The molecule has 1 atom stereocenters. The second kappa shape index (κ2) is 6.73. The van der Waals surface area contributed by atoms with E-state index in [-0.39, 0.29) is 24.7 Å². The minimum absolute atomic E-state index is 0.00252. The highest BCUT2D eigenvalue weighted by atomic mass is 16.5. The molecule has 1 heterocycles. The maximum absolute atomic E-state index is 11.5. The van der Waals surface area contributed by atoms with E-state index in [4.69, 9.17) is 9.63 Å². The molecular formula is C11H17N3O4. The summed E-state index contributed by atoms with van der Waals surface area (Å²) in [7, 11) is 0. The number of hydrogen-bond donors (Lipinski definition) is 2. The normalized spacial score (nSPS) is 12.1. The molecule has 1 unspecified atom stereocenters. The van der Waals surface area contributed by atoms with Crippen LogP contribution in [0.3, 0.4) is 0 Å². The van der Waals surface area contributed by atoms with Gasteiger partial charge in [-0.05, 0) is 5.92 Å². The van der Waals surface area contributed by atoms with Crippen LogP contribution in [0, 0.1) is 12.8 Å². The molecule has 0 saturated heterocycles. The molecule has 0 bridgehead atoms. The molecule has 2 N–H and O–H groups in total. The number of carboxylic acids is 1. The lowest BCUT2D eigenvalue weighted by molar-refractivity contribution is -0.138. The van der Waals surface area contributed by atoms with Crippen molar-refractivity contribution in [3.05, 3.63) is 11.7 Å². The van der Waals surface area contributed by atoms with Crippen LogP contribution in [0.25, 0.3) is 0 Å². The summed E-state index contributed by atoms with van der Waals surface area (Å²) in [6.45, 7) is 3.84. The molecule has 0 saturated carbocycles. The lowest BCUT2D eigenvalue weighted by Crippen LogP contribution is -2.27. The predicted octanol–water partition coefficient (Wildman–Crippen LogP) is 0.538. The fourth-order valence-corrected chi connectivity index (χ4v) is 1.52. The minimum atomic E-state index is -0.891. The van der Waals surface area contributed by atoms with Gasteiger partial charge in [0.2, 0.25) is 11.8 Å². The van der Waals surface area contributed by atoms with Crippen molar-refractivity contribution in [2.45, 2.75) is 33.1 Å². The van der Waals surface area contributed by atoms with Gasteiger partial charge in [0.15, 0.2) is 5.82 Å². The van der Waals surface area contributed by atoms with Crippen LogP contribution in [0.15, 0.2) is 4.52 Å². The van der Waals surface area contributed by atoms with Crippen molar-refractivity contribution in [1.29, 1.82) is 0 Å². The highest BCUT2D eigenvalue weighted by Gasteiger charge is 2.12. The van der Waals surface area contributed by atoms with Crippen LogP contribution in [0.2, 0.25) is 0 Å². The highest BCUT2D eigenvalue weighted by Crippen LogP contribution is 2.06. The standard InChI is InChI=1S/C11H17N3O4/c1-7(6-11(16)17)5-10(15)12-4-3-9-13-8(2)18-14-9/h7H,3-6H2,1-2H3,(H,12,15)(H,16,17). The number of aromatic nitrogens is 2. The third-order valence-corrected chi connectivity index (χ3v) is 2.30. The van der Waals surface area contributed by atoms with Crippen molar-refractivity contribution in [3.8, 4) is 0 Å². The number of aliphatic carboxylic acids is 1. The molecule has 0 fully saturated rings. The molecule has 1 aromatic rings. The average Bonchev–Trinajstić information content (AvgIpc) is 2.62. The Balaban J connectivity index is 2.19. The number of amides is 1. The van der Waals surface area contributed by atoms with Crippen molar-refractivity contribution in [3.63, 3.8) is 0 Å². The zero-order valence-corrected chi connectivity index (χ0v) is 10.5. The Kier molecular flexibility index (Phi) is 5.29. The van der Waals surface area contributed by atoms with Gasteiger partial charge in [-0.3, -0.25) is 9.59 Å². The largest absolute Gasteiger partial charge is 0.481 e. The number of carbonyl (C=O) groups is 2. The maximum Gasteiger partial charge on any atom is 0.303 e. The Bertz CT molecular complexity index is 416. The van der Waals surface area contributed by atoms with E-state index < -0.39 is 5.97 Å². The molecule has 0 radical (unpaired) electrons. The molecule has 0 spiro atoms. The van der Waals surface area contributed by atoms with Crippen LogP contribution in [0.5, 0.6) is 0 Å². The lowest BCUT2D eigenvalue weighted by Gasteiger charge is -2.08. The van der Waals surface area contributed by atoms with Crippen LogP contribution in [-0.2, 0) is 16.0 Å². The van der Waals surface area contributed by atoms with E-state index in [0.717, 1.165) is 0 Å². The smallest absolute Gasteiger partial charge is 0.303 e. The molecule has 1 rings (SSSR count). The van der Waals surface area contributed by atoms with Crippen LogP contribution < -0.4 is 5.32 Å². The van der Waals surface area contributed by atoms with Crippen molar-refractivity contribution in [2.24, 2.45) is 5.92 Å². The predicted molar refractivity (Wildman–Crippen MR) is 61.8 cm³/mol. The average molecular weight is 255 g/mol. The van der Waals surface area contributed by atoms with Crippen molar-refractivity contribution < 1.29 is 19.2 Å². The Morgan fingerprint density at radius 3 is 2.72 bits per heavy atom. The number of nitrogens with one attached hydrogen (secondary N) is 1. The van der Waals surface area contributed by atoms with Crippen LogP contribution in [-0.4, -0.2) is 33.7 Å². The van der Waals surface area contributed by atoms with Gasteiger partial charge in [-0.1, -0.05) is 12.1 Å². The van der Waals surface area contributed by atoms with Crippen molar-refractivity contribution in [2.75, 3.05) is 6.54 Å². The van der Waals surface area contributed by atoms with Crippen LogP contribution in [0.4, 0.5) is 0 Å². The SMILES string of the molecule is Cc1nc(CCNC(=O)CC(C)CC(=O)O)no1. The molecule has 0 aliphatic heterocycles. The summed E-state index contributed by atoms with van der Waals surface area (Å²) in [5.74, 6) is -0.186. The second-order valence-electron chi connectivity index (χ2n) is 4.24. The van der Waals surface area contributed by atoms with E-state index >= 15 is 0 Å². The Labute approximate surface area is 105 Å². The van der Waals surface area contributed by atoms with Gasteiger partial charge in [-0.2, -0.15) is 4.98 Å². The number of carboxylic acid groups (broad SMARTS) is 1. The first-order valence-corrected chi connectivity index (χ1v) is 5.75. The fourth-order valence-electron chi connectivity index (χ4n) is 1.52. The summed E-state index contributed by atoms with van der Waals surface area (Å²) in [6, 6.07) is 0. The molecule has 100 valence electrons. The van der Waals surface area contributed by atoms with Crippen molar-refractivity contribution in [1.82, 2.24) is 15.5 Å². The summed E-state index contributed by atoms with van der Waals surface area (Å²) in [5, 5.41) is 15.0. The zero-order valence-electron chi connectivity index (χ0n) is 10.5. The molecule has 18 heavy (non-hydrogen) atoms. The number of hydrogen-bond acceptors (Lipinski definition) is 5. The second-order valence-corrected chi connectivity index (χ2v) is 4.24. The summed E-state index contributed by atoms with van der Waals surface area (Å²) in [6.07, 6.45) is 0.700. The Morgan fingerprint density at radius 2 is 2.17 bits per heavy atom. The fraction of sp³-hybridized carbons (Fsp3) is 0.636. The number of aryl methyl sites for hydroxylation is 1. The summed E-state index contributed by atoms with van der Waals surface area (Å²) in [5.41, 5.74) is 0. The quantitative estimate of drug-likeness (QED) is 0.736. The van der Waals surface area contributed by atoms with E-state index in [1.807, 2.05) is 0 Å². The Morgan fingerprint density at radius 1 is 1.44 bits per heavy atom. The molecule has 0 aromatic carbocycles. The van der Waals surface area contributed by atoms with Gasteiger partial charge in [-0.25, -0.2) is 0 Å². The van der Waals surface area contributed by atoms with E-state index in [2.05, 4.69) is 15.5 Å². The number of rotatable bonds is 7. The van der Waals surface area contributed by atoms with E-state index in [1.165, 1.54) is 0 Å². The van der Waals surface area contributed by atoms with Gasteiger partial charge in [0.1, 0.15) is 0 Å². The maximum atomic E-state index is 11.5. The molecule has 7 nitrogen and oxygen atoms in total. The Hall–Kier alpha value is -1.92. The topological polar surface area (TPSA) is 105 Å². The molecule has 7 heteroatoms. The van der Waals surface area contributed by atoms with Crippen LogP contribution >= 0.6 is 0 Å². The van der Waals surface area contributed by atoms with Gasteiger partial charge in [0.25, 0.3) is 0 Å². The molecule has 0 aliphatic rings. The summed E-state index contributed by atoms with van der Waals surface area (Å²) in [4.78, 5) is 25.9. The van der Waals surface area contributed by atoms with Gasteiger partial charge < -0.3 is 14.9 Å². The zero-order chi connectivity index (χ0) is 13.5. The van der Waals surface area contributed by atoms with Gasteiger partial charge in [0, 0.05) is 32.7 Å². The monoisotopic (exact) mass is 255 g/mol. The summed E-state index contributed by atoms with van der Waals surface area (Å²) >= 11 is 0. The van der Waals surface area contributed by atoms with Gasteiger partial charge in [-0.15, -0.1) is 0 Å². The van der Waals surface area contributed by atoms with Gasteiger partial charge >= 0.3 is 5.97 Å². The number of carbonyl (C=O) groups excluding carboxylic acids is 1. The number of nitrogens with zero attached hydrogens (tertiary/aromatic N) is 2. The highest BCUT2D eigenvalue weighted by molar-refractivity contribution is 5.77. The first-order valence-electron chi connectivity index (χ1n) is 5.75. The lowest BCUT2D eigenvalue weighted by atomic mass is 10.0. The van der Waals surface area contributed by atoms with Gasteiger partial charge in [0.05, 0.1) is 0 Å². The first kappa shape index (κ1) is 14.1. The third kappa shape index (κ3) is 5.42. The van der Waals surface area contributed by atoms with Crippen LogP contribution in [0.1, 0.15) is 31.5 Å². The van der Waals surface area contributed by atoms with E-state index in [1.54, 1.807) is 13.8 Å². The van der Waals surface area contributed by atoms with E-state index in [9.17, 15) is 9.59 Å².